The summed E-state index contributed by atoms with van der Waals surface area (Å²) >= 11 is 1.69. The molecule has 1 aromatic heterocycles. The van der Waals surface area contributed by atoms with E-state index >= 15 is 0 Å². The standard InChI is InChI=1S/C17H24N2OS/c1-5-11-18-16(15-9-7-6-8-10-15)14(4)21-17-19-12(2)13(3)20-17/h6-10,14,16,18H,5,11H2,1-4H3. The van der Waals surface area contributed by atoms with Crippen molar-refractivity contribution in [1.82, 2.24) is 10.3 Å². The molecule has 0 radical (unpaired) electrons. The Kier molecular flexibility index (Phi) is 5.88. The number of thioether (sulfide) groups is 1. The second-order valence-electron chi connectivity index (χ2n) is 5.29. The highest BCUT2D eigenvalue weighted by atomic mass is 32.2. The molecular weight excluding hydrogens is 280 g/mol. The molecule has 0 amide bonds. The fraction of sp³-hybridized carbons (Fsp3) is 0.471. The fourth-order valence-corrected chi connectivity index (χ4v) is 3.31. The molecule has 1 aromatic carbocycles. The molecule has 1 heterocycles. The summed E-state index contributed by atoms with van der Waals surface area (Å²) in [6, 6.07) is 10.9. The number of benzene rings is 1. The Morgan fingerprint density at radius 3 is 2.52 bits per heavy atom. The second-order valence-corrected chi connectivity index (χ2v) is 6.62. The minimum absolute atomic E-state index is 0.295. The minimum atomic E-state index is 0.295. The lowest BCUT2D eigenvalue weighted by Gasteiger charge is -2.24. The number of aryl methyl sites for hydroxylation is 2. The van der Waals surface area contributed by atoms with Crippen LogP contribution in [0, 0.1) is 13.8 Å². The number of rotatable bonds is 7. The molecule has 3 nitrogen and oxygen atoms in total. The summed E-state index contributed by atoms with van der Waals surface area (Å²) in [4.78, 5) is 4.48. The number of nitrogens with one attached hydrogen (secondary N) is 1. The van der Waals surface area contributed by atoms with E-state index in [9.17, 15) is 0 Å². The summed E-state index contributed by atoms with van der Waals surface area (Å²) in [5.41, 5.74) is 2.29. The van der Waals surface area contributed by atoms with Crippen LogP contribution in [0.25, 0.3) is 0 Å². The van der Waals surface area contributed by atoms with E-state index in [1.54, 1.807) is 11.8 Å². The molecule has 0 aliphatic rings. The van der Waals surface area contributed by atoms with Crippen molar-refractivity contribution in [1.29, 1.82) is 0 Å². The quantitative estimate of drug-likeness (QED) is 0.764. The van der Waals surface area contributed by atoms with Gasteiger partial charge in [-0.05, 0) is 32.4 Å². The predicted octanol–water partition coefficient (Wildman–Crippen LogP) is 4.51. The summed E-state index contributed by atoms with van der Waals surface area (Å²) in [6.07, 6.45) is 1.12. The highest BCUT2D eigenvalue weighted by Crippen LogP contribution is 2.32. The Bertz CT molecular complexity index is 534. The van der Waals surface area contributed by atoms with Gasteiger partial charge in [-0.2, -0.15) is 0 Å². The average molecular weight is 304 g/mol. The molecule has 0 saturated heterocycles. The van der Waals surface area contributed by atoms with Crippen molar-refractivity contribution in [3.8, 4) is 0 Å². The van der Waals surface area contributed by atoms with E-state index in [4.69, 9.17) is 4.42 Å². The first-order valence-electron chi connectivity index (χ1n) is 7.50. The van der Waals surface area contributed by atoms with Crippen molar-refractivity contribution in [3.63, 3.8) is 0 Å². The maximum atomic E-state index is 5.70. The van der Waals surface area contributed by atoms with Gasteiger partial charge in [0.05, 0.1) is 5.69 Å². The Labute approximate surface area is 131 Å². The molecule has 2 atom stereocenters. The Balaban J connectivity index is 2.12. The fourth-order valence-electron chi connectivity index (χ4n) is 2.24. The van der Waals surface area contributed by atoms with Gasteiger partial charge in [0.15, 0.2) is 0 Å². The van der Waals surface area contributed by atoms with Gasteiger partial charge in [0, 0.05) is 11.3 Å². The normalized spacial score (nSPS) is 14.1. The molecule has 0 aliphatic heterocycles. The van der Waals surface area contributed by atoms with Gasteiger partial charge >= 0.3 is 0 Å². The zero-order valence-corrected chi connectivity index (χ0v) is 14.0. The molecule has 0 aliphatic carbocycles. The van der Waals surface area contributed by atoms with Gasteiger partial charge in [0.2, 0.25) is 0 Å². The molecule has 2 aromatic rings. The first-order valence-corrected chi connectivity index (χ1v) is 8.38. The van der Waals surface area contributed by atoms with E-state index in [0.29, 0.717) is 11.3 Å². The molecule has 114 valence electrons. The Morgan fingerprint density at radius 2 is 1.95 bits per heavy atom. The summed E-state index contributed by atoms with van der Waals surface area (Å²) < 4.78 is 5.70. The molecule has 2 unspecified atom stereocenters. The van der Waals surface area contributed by atoms with Crippen LogP contribution in [0.1, 0.15) is 43.3 Å². The molecule has 0 saturated carbocycles. The lowest BCUT2D eigenvalue weighted by molar-refractivity contribution is 0.428. The summed E-state index contributed by atoms with van der Waals surface area (Å²) in [6.45, 7) is 9.36. The molecule has 4 heteroatoms. The number of hydrogen-bond acceptors (Lipinski definition) is 4. The topological polar surface area (TPSA) is 38.1 Å². The van der Waals surface area contributed by atoms with Gasteiger partial charge in [-0.1, -0.05) is 55.9 Å². The van der Waals surface area contributed by atoms with Gasteiger partial charge in [0.25, 0.3) is 5.22 Å². The summed E-state index contributed by atoms with van der Waals surface area (Å²) in [7, 11) is 0. The average Bonchev–Trinajstić information content (AvgIpc) is 2.78. The number of oxazole rings is 1. The van der Waals surface area contributed by atoms with Gasteiger partial charge in [-0.15, -0.1) is 0 Å². The molecule has 0 fully saturated rings. The van der Waals surface area contributed by atoms with Crippen molar-refractivity contribution in [2.45, 2.75) is 50.6 Å². The van der Waals surface area contributed by atoms with Crippen LogP contribution in [0.4, 0.5) is 0 Å². The number of nitrogens with zero attached hydrogens (tertiary/aromatic N) is 1. The first kappa shape index (κ1) is 16.1. The Morgan fingerprint density at radius 1 is 1.24 bits per heavy atom. The predicted molar refractivity (Wildman–Crippen MR) is 88.8 cm³/mol. The number of hydrogen-bond donors (Lipinski definition) is 1. The van der Waals surface area contributed by atoms with Crippen LogP contribution in [0.5, 0.6) is 0 Å². The summed E-state index contributed by atoms with van der Waals surface area (Å²) in [5.74, 6) is 0.905. The first-order chi connectivity index (χ1) is 10.1. The molecule has 21 heavy (non-hydrogen) atoms. The maximum Gasteiger partial charge on any atom is 0.256 e. The third kappa shape index (κ3) is 4.35. The van der Waals surface area contributed by atoms with Crippen molar-refractivity contribution in [3.05, 3.63) is 47.3 Å². The smallest absolute Gasteiger partial charge is 0.256 e. The lowest BCUT2D eigenvalue weighted by Crippen LogP contribution is -2.29. The van der Waals surface area contributed by atoms with Crippen molar-refractivity contribution in [2.75, 3.05) is 6.54 Å². The van der Waals surface area contributed by atoms with E-state index in [2.05, 4.69) is 54.5 Å². The van der Waals surface area contributed by atoms with Crippen LogP contribution in [-0.4, -0.2) is 16.8 Å². The molecule has 1 N–H and O–H groups in total. The van der Waals surface area contributed by atoms with Crippen LogP contribution in [0.3, 0.4) is 0 Å². The van der Waals surface area contributed by atoms with Crippen LogP contribution in [0.15, 0.2) is 40.0 Å². The summed E-state index contributed by atoms with van der Waals surface area (Å²) in [5, 5.41) is 4.74. The van der Waals surface area contributed by atoms with Crippen LogP contribution < -0.4 is 5.32 Å². The second kappa shape index (κ2) is 7.66. The minimum Gasteiger partial charge on any atom is -0.437 e. The zero-order chi connectivity index (χ0) is 15.2. The van der Waals surface area contributed by atoms with Gasteiger partial charge < -0.3 is 9.73 Å². The van der Waals surface area contributed by atoms with Gasteiger partial charge in [-0.25, -0.2) is 4.98 Å². The molecule has 0 spiro atoms. The molecule has 0 bridgehead atoms. The molecular formula is C17H24N2OS. The lowest BCUT2D eigenvalue weighted by atomic mass is 10.0. The van der Waals surface area contributed by atoms with E-state index in [0.717, 1.165) is 29.6 Å². The van der Waals surface area contributed by atoms with Crippen LogP contribution >= 0.6 is 11.8 Å². The van der Waals surface area contributed by atoms with E-state index in [1.165, 1.54) is 5.56 Å². The third-order valence-electron chi connectivity index (χ3n) is 3.54. The van der Waals surface area contributed by atoms with E-state index in [1.807, 2.05) is 13.8 Å². The highest BCUT2D eigenvalue weighted by molar-refractivity contribution is 7.99. The van der Waals surface area contributed by atoms with Gasteiger partial charge in [0.1, 0.15) is 5.76 Å². The highest BCUT2D eigenvalue weighted by Gasteiger charge is 2.21. The van der Waals surface area contributed by atoms with Crippen molar-refractivity contribution < 1.29 is 4.42 Å². The Hall–Kier alpha value is -1.26. The molecule has 2 rings (SSSR count). The van der Waals surface area contributed by atoms with Crippen LogP contribution in [0.2, 0.25) is 0 Å². The van der Waals surface area contributed by atoms with Crippen molar-refractivity contribution >= 4 is 11.8 Å². The SMILES string of the molecule is CCCNC(c1ccccc1)C(C)Sc1nc(C)c(C)o1. The largest absolute Gasteiger partial charge is 0.437 e. The monoisotopic (exact) mass is 304 g/mol. The zero-order valence-electron chi connectivity index (χ0n) is 13.2. The van der Waals surface area contributed by atoms with Crippen molar-refractivity contribution in [2.24, 2.45) is 0 Å². The maximum absolute atomic E-state index is 5.70. The van der Waals surface area contributed by atoms with E-state index in [-0.39, 0.29) is 0 Å². The third-order valence-corrected chi connectivity index (χ3v) is 4.56. The van der Waals surface area contributed by atoms with E-state index < -0.39 is 0 Å². The van der Waals surface area contributed by atoms with Crippen LogP contribution in [-0.2, 0) is 0 Å². The number of aromatic nitrogens is 1. The van der Waals surface area contributed by atoms with Gasteiger partial charge in [-0.3, -0.25) is 0 Å².